The predicted octanol–water partition coefficient (Wildman–Crippen LogP) is 4.17. The van der Waals surface area contributed by atoms with Crippen LogP contribution in [-0.2, 0) is 6.42 Å². The fraction of sp³-hybridized carbons (Fsp3) is 0.647. The molecule has 1 aliphatic rings. The zero-order chi connectivity index (χ0) is 13.7. The van der Waals surface area contributed by atoms with E-state index in [0.717, 1.165) is 30.5 Å². The van der Waals surface area contributed by atoms with Gasteiger partial charge >= 0.3 is 0 Å². The maximum Gasteiger partial charge on any atom is 0.126 e. The molecule has 19 heavy (non-hydrogen) atoms. The van der Waals surface area contributed by atoms with E-state index in [2.05, 4.69) is 19.2 Å². The van der Waals surface area contributed by atoms with E-state index in [0.29, 0.717) is 5.92 Å². The van der Waals surface area contributed by atoms with Crippen LogP contribution >= 0.6 is 0 Å². The van der Waals surface area contributed by atoms with E-state index in [9.17, 15) is 4.39 Å². The van der Waals surface area contributed by atoms with Crippen LogP contribution in [0.15, 0.2) is 24.3 Å². The van der Waals surface area contributed by atoms with Gasteiger partial charge in [0.15, 0.2) is 0 Å². The topological polar surface area (TPSA) is 12.0 Å². The highest BCUT2D eigenvalue weighted by atomic mass is 19.1. The molecule has 0 amide bonds. The van der Waals surface area contributed by atoms with Gasteiger partial charge in [-0.25, -0.2) is 4.39 Å². The van der Waals surface area contributed by atoms with Gasteiger partial charge in [0.25, 0.3) is 0 Å². The molecule has 1 atom stereocenters. The Bertz CT molecular complexity index is 379. The normalized spacial score (nSPS) is 16.8. The van der Waals surface area contributed by atoms with E-state index in [4.69, 9.17) is 0 Å². The third-order valence-electron chi connectivity index (χ3n) is 3.89. The first kappa shape index (κ1) is 14.5. The van der Waals surface area contributed by atoms with Gasteiger partial charge in [-0.05, 0) is 55.7 Å². The van der Waals surface area contributed by atoms with Crippen molar-refractivity contribution >= 4 is 0 Å². The second-order valence-electron chi connectivity index (χ2n) is 6.32. The minimum atomic E-state index is -0.0523. The summed E-state index contributed by atoms with van der Waals surface area (Å²) in [5, 5.41) is 3.60. The zero-order valence-electron chi connectivity index (χ0n) is 12.2. The molecule has 1 aromatic rings. The van der Waals surface area contributed by atoms with E-state index in [1.807, 2.05) is 12.1 Å². The average Bonchev–Trinajstić information content (AvgIpc) is 3.19. The third-order valence-corrected chi connectivity index (χ3v) is 3.89. The highest BCUT2D eigenvalue weighted by Crippen LogP contribution is 2.22. The zero-order valence-corrected chi connectivity index (χ0v) is 12.2. The Morgan fingerprint density at radius 3 is 2.58 bits per heavy atom. The molecule has 1 saturated carbocycles. The Balaban J connectivity index is 1.89. The van der Waals surface area contributed by atoms with Crippen LogP contribution < -0.4 is 5.32 Å². The van der Waals surface area contributed by atoms with Crippen LogP contribution in [0.1, 0.15) is 45.1 Å². The molecule has 2 rings (SSSR count). The SMILES string of the molecule is CC(C)CCC(CNC1CC1)Cc1ccccc1F. The lowest BCUT2D eigenvalue weighted by atomic mass is 9.91. The molecule has 0 aromatic heterocycles. The molecule has 0 radical (unpaired) electrons. The van der Waals surface area contributed by atoms with E-state index >= 15 is 0 Å². The molecule has 1 aliphatic carbocycles. The van der Waals surface area contributed by atoms with Crippen molar-refractivity contribution in [3.8, 4) is 0 Å². The number of hydrogen-bond donors (Lipinski definition) is 1. The van der Waals surface area contributed by atoms with Crippen LogP contribution in [-0.4, -0.2) is 12.6 Å². The summed E-state index contributed by atoms with van der Waals surface area (Å²) in [6, 6.07) is 7.94. The summed E-state index contributed by atoms with van der Waals surface area (Å²) < 4.78 is 13.7. The van der Waals surface area contributed by atoms with Crippen molar-refractivity contribution in [2.45, 2.75) is 52.0 Å². The van der Waals surface area contributed by atoms with Gasteiger partial charge < -0.3 is 5.32 Å². The van der Waals surface area contributed by atoms with Crippen molar-refractivity contribution in [1.82, 2.24) is 5.32 Å². The molecule has 1 fully saturated rings. The largest absolute Gasteiger partial charge is 0.314 e. The van der Waals surface area contributed by atoms with Gasteiger partial charge in [0.1, 0.15) is 5.82 Å². The summed E-state index contributed by atoms with van der Waals surface area (Å²) in [5.41, 5.74) is 0.869. The van der Waals surface area contributed by atoms with Crippen LogP contribution in [0.25, 0.3) is 0 Å². The van der Waals surface area contributed by atoms with Crippen molar-refractivity contribution in [2.24, 2.45) is 11.8 Å². The van der Waals surface area contributed by atoms with E-state index < -0.39 is 0 Å². The Morgan fingerprint density at radius 1 is 1.21 bits per heavy atom. The Hall–Kier alpha value is -0.890. The molecular formula is C17H26FN. The first-order valence-corrected chi connectivity index (χ1v) is 7.62. The van der Waals surface area contributed by atoms with Gasteiger partial charge in [-0.3, -0.25) is 0 Å². The summed E-state index contributed by atoms with van der Waals surface area (Å²) in [6.07, 6.45) is 5.91. The maximum absolute atomic E-state index is 13.7. The lowest BCUT2D eigenvalue weighted by Gasteiger charge is -2.19. The summed E-state index contributed by atoms with van der Waals surface area (Å²) in [6.45, 7) is 5.55. The smallest absolute Gasteiger partial charge is 0.126 e. The van der Waals surface area contributed by atoms with Crippen LogP contribution in [0, 0.1) is 17.7 Å². The molecule has 1 nitrogen and oxygen atoms in total. The minimum Gasteiger partial charge on any atom is -0.314 e. The molecule has 0 bridgehead atoms. The van der Waals surface area contributed by atoms with E-state index in [-0.39, 0.29) is 5.82 Å². The van der Waals surface area contributed by atoms with Crippen LogP contribution in [0.4, 0.5) is 4.39 Å². The quantitative estimate of drug-likeness (QED) is 0.742. The van der Waals surface area contributed by atoms with Gasteiger partial charge in [0.2, 0.25) is 0 Å². The van der Waals surface area contributed by atoms with E-state index in [1.54, 1.807) is 12.1 Å². The Morgan fingerprint density at radius 2 is 1.95 bits per heavy atom. The van der Waals surface area contributed by atoms with Gasteiger partial charge in [-0.2, -0.15) is 0 Å². The number of hydrogen-bond acceptors (Lipinski definition) is 1. The first-order valence-electron chi connectivity index (χ1n) is 7.62. The fourth-order valence-electron chi connectivity index (χ4n) is 2.44. The van der Waals surface area contributed by atoms with Gasteiger partial charge in [-0.15, -0.1) is 0 Å². The summed E-state index contributed by atoms with van der Waals surface area (Å²) in [7, 11) is 0. The monoisotopic (exact) mass is 263 g/mol. The Labute approximate surface area is 116 Å². The molecule has 1 unspecified atom stereocenters. The van der Waals surface area contributed by atoms with Crippen molar-refractivity contribution < 1.29 is 4.39 Å². The molecule has 106 valence electrons. The molecule has 0 aliphatic heterocycles. The summed E-state index contributed by atoms with van der Waals surface area (Å²) in [5.74, 6) is 1.23. The second kappa shape index (κ2) is 7.04. The highest BCUT2D eigenvalue weighted by Gasteiger charge is 2.22. The summed E-state index contributed by atoms with van der Waals surface area (Å²) >= 11 is 0. The van der Waals surface area contributed by atoms with Crippen LogP contribution in [0.5, 0.6) is 0 Å². The van der Waals surface area contributed by atoms with Crippen molar-refractivity contribution in [1.29, 1.82) is 0 Å². The van der Waals surface area contributed by atoms with Crippen molar-refractivity contribution in [2.75, 3.05) is 6.54 Å². The molecule has 1 aromatic carbocycles. The lowest BCUT2D eigenvalue weighted by molar-refractivity contribution is 0.393. The number of rotatable bonds is 8. The molecule has 2 heteroatoms. The third kappa shape index (κ3) is 5.32. The molecule has 0 spiro atoms. The number of nitrogens with one attached hydrogen (secondary N) is 1. The van der Waals surface area contributed by atoms with Gasteiger partial charge in [0, 0.05) is 6.04 Å². The molecular weight excluding hydrogens is 237 g/mol. The fourth-order valence-corrected chi connectivity index (χ4v) is 2.44. The van der Waals surface area contributed by atoms with Gasteiger partial charge in [0.05, 0.1) is 0 Å². The predicted molar refractivity (Wildman–Crippen MR) is 78.7 cm³/mol. The van der Waals surface area contributed by atoms with E-state index in [1.165, 1.54) is 25.7 Å². The summed E-state index contributed by atoms with van der Waals surface area (Å²) in [4.78, 5) is 0. The lowest BCUT2D eigenvalue weighted by Crippen LogP contribution is -2.26. The molecule has 0 saturated heterocycles. The van der Waals surface area contributed by atoms with Crippen LogP contribution in [0.2, 0.25) is 0 Å². The van der Waals surface area contributed by atoms with Crippen LogP contribution in [0.3, 0.4) is 0 Å². The average molecular weight is 263 g/mol. The highest BCUT2D eigenvalue weighted by molar-refractivity contribution is 5.17. The first-order chi connectivity index (χ1) is 9.15. The maximum atomic E-state index is 13.7. The van der Waals surface area contributed by atoms with Crippen molar-refractivity contribution in [3.63, 3.8) is 0 Å². The minimum absolute atomic E-state index is 0.0523. The molecule has 1 N–H and O–H groups in total. The standard InChI is InChI=1S/C17H26FN/c1-13(2)7-8-14(12-19-16-9-10-16)11-15-5-3-4-6-17(15)18/h3-6,13-14,16,19H,7-12H2,1-2H3. The number of halogens is 1. The van der Waals surface area contributed by atoms with Gasteiger partial charge in [-0.1, -0.05) is 38.5 Å². The second-order valence-corrected chi connectivity index (χ2v) is 6.32. The van der Waals surface area contributed by atoms with Crippen molar-refractivity contribution in [3.05, 3.63) is 35.6 Å². The number of benzene rings is 1. The Kier molecular flexibility index (Phi) is 5.38. The molecule has 0 heterocycles.